The summed E-state index contributed by atoms with van der Waals surface area (Å²) in [7, 11) is 1.53. The minimum atomic E-state index is 0.0852. The third-order valence-corrected chi connectivity index (χ3v) is 2.08. The van der Waals surface area contributed by atoms with Gasteiger partial charge in [0, 0.05) is 12.3 Å². The molecule has 0 bridgehead atoms. The highest BCUT2D eigenvalue weighted by Gasteiger charge is 2.14. The fourth-order valence-electron chi connectivity index (χ4n) is 1.28. The van der Waals surface area contributed by atoms with E-state index in [-0.39, 0.29) is 5.75 Å². The van der Waals surface area contributed by atoms with Gasteiger partial charge < -0.3 is 9.84 Å². The van der Waals surface area contributed by atoms with Gasteiger partial charge in [0.15, 0.2) is 11.5 Å². The summed E-state index contributed by atoms with van der Waals surface area (Å²) in [6.07, 6.45) is 3.30. The van der Waals surface area contributed by atoms with Crippen LogP contribution in [0, 0.1) is 0 Å². The summed E-state index contributed by atoms with van der Waals surface area (Å²) in [6, 6.07) is 6.75. The standard InChI is InChI=1S/C11H12N2O3/c1-15-13-8-12-7-6-11(13)16-10-5-3-2-4-9(10)14/h2-7,14H,8H2,1H3. The van der Waals surface area contributed by atoms with Crippen molar-refractivity contribution < 1.29 is 14.7 Å². The number of hydroxylamine groups is 2. The number of nitrogens with zero attached hydrogens (tertiary/aromatic N) is 2. The second-order valence-electron chi connectivity index (χ2n) is 3.11. The number of hydrogen-bond acceptors (Lipinski definition) is 5. The van der Waals surface area contributed by atoms with Gasteiger partial charge >= 0.3 is 0 Å². The van der Waals surface area contributed by atoms with Gasteiger partial charge in [-0.3, -0.25) is 9.83 Å². The van der Waals surface area contributed by atoms with Crippen molar-refractivity contribution in [3.8, 4) is 11.5 Å². The van der Waals surface area contributed by atoms with E-state index in [0.29, 0.717) is 18.3 Å². The Hall–Kier alpha value is -2.01. The molecule has 0 amide bonds. The van der Waals surface area contributed by atoms with E-state index in [9.17, 15) is 5.11 Å². The molecule has 16 heavy (non-hydrogen) atoms. The van der Waals surface area contributed by atoms with Crippen molar-refractivity contribution in [3.63, 3.8) is 0 Å². The number of phenols is 1. The van der Waals surface area contributed by atoms with Crippen LogP contribution in [0.15, 0.2) is 41.2 Å². The summed E-state index contributed by atoms with van der Waals surface area (Å²) in [5.41, 5.74) is 0. The molecule has 1 aromatic carbocycles. The lowest BCUT2D eigenvalue weighted by atomic mass is 10.3. The summed E-state index contributed by atoms with van der Waals surface area (Å²) in [5.74, 6) is 0.951. The van der Waals surface area contributed by atoms with E-state index >= 15 is 0 Å². The number of aliphatic imine (C=N–C) groups is 1. The first-order valence-electron chi connectivity index (χ1n) is 4.79. The van der Waals surface area contributed by atoms with E-state index < -0.39 is 0 Å². The molecule has 1 heterocycles. The van der Waals surface area contributed by atoms with Gasteiger partial charge in [0.25, 0.3) is 0 Å². The summed E-state index contributed by atoms with van der Waals surface area (Å²) in [6.45, 7) is 0.371. The van der Waals surface area contributed by atoms with Crippen LogP contribution in [0.2, 0.25) is 0 Å². The third kappa shape index (κ3) is 2.14. The summed E-state index contributed by atoms with van der Waals surface area (Å²) in [4.78, 5) is 9.06. The molecule has 1 aliphatic rings. The van der Waals surface area contributed by atoms with Crippen LogP contribution in [0.25, 0.3) is 0 Å². The largest absolute Gasteiger partial charge is 0.504 e. The van der Waals surface area contributed by atoms with Crippen LogP contribution in [0.3, 0.4) is 0 Å². The van der Waals surface area contributed by atoms with Crippen molar-refractivity contribution in [1.29, 1.82) is 0 Å². The topological polar surface area (TPSA) is 54.3 Å². The van der Waals surface area contributed by atoms with Crippen molar-refractivity contribution in [2.45, 2.75) is 0 Å². The molecule has 84 valence electrons. The van der Waals surface area contributed by atoms with Gasteiger partial charge in [-0.05, 0) is 12.1 Å². The van der Waals surface area contributed by atoms with E-state index in [1.54, 1.807) is 36.6 Å². The van der Waals surface area contributed by atoms with Crippen LogP contribution < -0.4 is 4.74 Å². The quantitative estimate of drug-likeness (QED) is 0.839. The molecule has 0 radical (unpaired) electrons. The molecule has 5 nitrogen and oxygen atoms in total. The van der Waals surface area contributed by atoms with Crippen molar-refractivity contribution in [2.24, 2.45) is 4.99 Å². The molecular formula is C11H12N2O3. The van der Waals surface area contributed by atoms with Crippen molar-refractivity contribution in [2.75, 3.05) is 13.8 Å². The summed E-state index contributed by atoms with van der Waals surface area (Å²) >= 11 is 0. The lowest BCUT2D eigenvalue weighted by Gasteiger charge is -2.24. The lowest BCUT2D eigenvalue weighted by Crippen LogP contribution is -2.27. The van der Waals surface area contributed by atoms with Gasteiger partial charge in [-0.15, -0.1) is 0 Å². The maximum absolute atomic E-state index is 9.55. The number of allylic oxidation sites excluding steroid dienone is 1. The summed E-state index contributed by atoms with van der Waals surface area (Å²) < 4.78 is 5.51. The number of aromatic hydroxyl groups is 1. The predicted molar refractivity (Wildman–Crippen MR) is 59.0 cm³/mol. The molecule has 0 unspecified atom stereocenters. The molecular weight excluding hydrogens is 208 g/mol. The molecule has 0 saturated heterocycles. The molecule has 5 heteroatoms. The Kier molecular flexibility index (Phi) is 3.07. The molecule has 1 aliphatic heterocycles. The van der Waals surface area contributed by atoms with Gasteiger partial charge in [-0.1, -0.05) is 12.1 Å². The molecule has 2 rings (SSSR count). The zero-order chi connectivity index (χ0) is 11.4. The molecule has 0 aliphatic carbocycles. The lowest BCUT2D eigenvalue weighted by molar-refractivity contribution is -0.125. The SMILES string of the molecule is CON1CN=CC=C1Oc1ccccc1O. The van der Waals surface area contributed by atoms with E-state index in [1.807, 2.05) is 0 Å². The van der Waals surface area contributed by atoms with Crippen LogP contribution in [0.4, 0.5) is 0 Å². The van der Waals surface area contributed by atoms with Crippen molar-refractivity contribution in [3.05, 3.63) is 36.2 Å². The van der Waals surface area contributed by atoms with Crippen LogP contribution >= 0.6 is 0 Å². The zero-order valence-corrected chi connectivity index (χ0v) is 8.83. The molecule has 1 N–H and O–H groups in total. The Bertz CT molecular complexity index is 429. The highest BCUT2D eigenvalue weighted by molar-refractivity contribution is 5.72. The fourth-order valence-corrected chi connectivity index (χ4v) is 1.28. The van der Waals surface area contributed by atoms with Gasteiger partial charge in [-0.25, -0.2) is 0 Å². The smallest absolute Gasteiger partial charge is 0.223 e. The highest BCUT2D eigenvalue weighted by atomic mass is 16.7. The second-order valence-corrected chi connectivity index (χ2v) is 3.11. The maximum atomic E-state index is 9.55. The van der Waals surface area contributed by atoms with Gasteiger partial charge in [-0.2, -0.15) is 5.06 Å². The van der Waals surface area contributed by atoms with E-state index in [1.165, 1.54) is 12.2 Å². The molecule has 1 aromatic rings. The van der Waals surface area contributed by atoms with Crippen molar-refractivity contribution >= 4 is 6.21 Å². The van der Waals surface area contributed by atoms with E-state index in [4.69, 9.17) is 9.57 Å². The van der Waals surface area contributed by atoms with Gasteiger partial charge in [0.1, 0.15) is 6.67 Å². The predicted octanol–water partition coefficient (Wildman–Crippen LogP) is 1.52. The molecule has 0 fully saturated rings. The van der Waals surface area contributed by atoms with Crippen LogP contribution in [-0.2, 0) is 4.84 Å². The highest BCUT2D eigenvalue weighted by Crippen LogP contribution is 2.27. The normalized spacial score (nSPS) is 14.8. The first-order chi connectivity index (χ1) is 7.81. The Morgan fingerprint density at radius 1 is 1.38 bits per heavy atom. The van der Waals surface area contributed by atoms with Crippen LogP contribution in [-0.4, -0.2) is 30.2 Å². The minimum absolute atomic E-state index is 0.0852. The van der Waals surface area contributed by atoms with Crippen molar-refractivity contribution in [1.82, 2.24) is 5.06 Å². The monoisotopic (exact) mass is 220 g/mol. The molecule has 0 atom stereocenters. The van der Waals surface area contributed by atoms with Crippen LogP contribution in [0.5, 0.6) is 11.5 Å². The Morgan fingerprint density at radius 3 is 2.94 bits per heavy atom. The molecule has 0 spiro atoms. The number of phenolic OH excluding ortho intramolecular Hbond substituents is 1. The van der Waals surface area contributed by atoms with E-state index in [2.05, 4.69) is 4.99 Å². The number of para-hydroxylation sites is 2. The summed E-state index contributed by atoms with van der Waals surface area (Å²) in [5, 5.41) is 11.0. The first kappa shape index (κ1) is 10.5. The fraction of sp³-hybridized carbons (Fsp3) is 0.182. The second kappa shape index (κ2) is 4.67. The first-order valence-corrected chi connectivity index (χ1v) is 4.79. The van der Waals surface area contributed by atoms with Gasteiger partial charge in [0.05, 0.1) is 7.11 Å². The average molecular weight is 220 g/mol. The number of benzene rings is 1. The molecule has 0 saturated carbocycles. The van der Waals surface area contributed by atoms with Crippen LogP contribution in [0.1, 0.15) is 0 Å². The number of ether oxygens (including phenoxy) is 1. The maximum Gasteiger partial charge on any atom is 0.223 e. The number of rotatable bonds is 3. The minimum Gasteiger partial charge on any atom is -0.504 e. The molecule has 0 aromatic heterocycles. The van der Waals surface area contributed by atoms with E-state index in [0.717, 1.165) is 0 Å². The number of hydrogen-bond donors (Lipinski definition) is 1. The van der Waals surface area contributed by atoms with Gasteiger partial charge in [0.2, 0.25) is 5.88 Å². The zero-order valence-electron chi connectivity index (χ0n) is 8.83. The Labute approximate surface area is 93.2 Å². The Balaban J connectivity index is 2.17. The average Bonchev–Trinajstić information content (AvgIpc) is 2.33. The Morgan fingerprint density at radius 2 is 2.19 bits per heavy atom. The third-order valence-electron chi connectivity index (χ3n) is 2.08.